The average Bonchev–Trinajstić information content (AvgIpc) is 3.26. The summed E-state index contributed by atoms with van der Waals surface area (Å²) < 4.78 is 16.7. The lowest BCUT2D eigenvalue weighted by Crippen LogP contribution is -2.30. The molecule has 0 rings (SSSR count). The fourth-order valence-corrected chi connectivity index (χ4v) is 6.64. The molecule has 0 aromatic heterocycles. The van der Waals surface area contributed by atoms with Crippen molar-refractivity contribution in [2.45, 2.75) is 232 Å². The second-order valence-corrected chi connectivity index (χ2v) is 16.3. The molecule has 0 aromatic rings. The van der Waals surface area contributed by atoms with Gasteiger partial charge in [0.15, 0.2) is 6.10 Å². The van der Waals surface area contributed by atoms with E-state index in [1.165, 1.54) is 89.9 Å². The SMILES string of the molecule is CC/C=C\C/C=C\C/C=C\C/C=C\C/C=C\C/C=C\CCC(=O)OC[C@@H](COC(=O)CCCCCCCCCCC)OC(=O)CCCCCCC/C=C\CCCCCCCC. The zero-order chi connectivity index (χ0) is 44.4. The van der Waals surface area contributed by atoms with Crippen molar-refractivity contribution >= 4 is 17.9 Å². The molecule has 0 spiro atoms. The van der Waals surface area contributed by atoms with Gasteiger partial charge in [0.1, 0.15) is 13.2 Å². The number of ether oxygens (including phenoxy) is 3. The summed E-state index contributed by atoms with van der Waals surface area (Å²) in [6.07, 6.45) is 62.9. The molecule has 348 valence electrons. The van der Waals surface area contributed by atoms with Gasteiger partial charge in [0.2, 0.25) is 0 Å². The van der Waals surface area contributed by atoms with Crippen molar-refractivity contribution < 1.29 is 28.6 Å². The summed E-state index contributed by atoms with van der Waals surface area (Å²) in [6.45, 7) is 6.42. The van der Waals surface area contributed by atoms with Crippen LogP contribution >= 0.6 is 0 Å². The molecule has 6 nitrogen and oxygen atoms in total. The van der Waals surface area contributed by atoms with Gasteiger partial charge in [-0.05, 0) is 83.5 Å². The molecule has 0 aromatic carbocycles. The average molecular weight is 849 g/mol. The third kappa shape index (κ3) is 47.5. The summed E-state index contributed by atoms with van der Waals surface area (Å²) in [5.74, 6) is -1.00. The van der Waals surface area contributed by atoms with Crippen molar-refractivity contribution in [2.75, 3.05) is 13.2 Å². The predicted octanol–water partition coefficient (Wildman–Crippen LogP) is 16.4. The van der Waals surface area contributed by atoms with Crippen LogP contribution in [0.2, 0.25) is 0 Å². The summed E-state index contributed by atoms with van der Waals surface area (Å²) in [6, 6.07) is 0. The normalized spacial score (nSPS) is 12.8. The Hall–Kier alpha value is -3.41. The third-order valence-corrected chi connectivity index (χ3v) is 10.4. The predicted molar refractivity (Wildman–Crippen MR) is 261 cm³/mol. The number of allylic oxidation sites excluding steroid dienone is 14. The van der Waals surface area contributed by atoms with E-state index in [9.17, 15) is 14.4 Å². The fourth-order valence-electron chi connectivity index (χ4n) is 6.64. The van der Waals surface area contributed by atoms with Gasteiger partial charge in [0.25, 0.3) is 0 Å². The van der Waals surface area contributed by atoms with E-state index in [-0.39, 0.29) is 37.5 Å². The summed E-state index contributed by atoms with van der Waals surface area (Å²) in [4.78, 5) is 37.8. The van der Waals surface area contributed by atoms with Gasteiger partial charge >= 0.3 is 17.9 Å². The van der Waals surface area contributed by atoms with E-state index >= 15 is 0 Å². The van der Waals surface area contributed by atoms with Crippen molar-refractivity contribution in [3.05, 3.63) is 85.1 Å². The number of unbranched alkanes of at least 4 members (excludes halogenated alkanes) is 19. The van der Waals surface area contributed by atoms with E-state index in [2.05, 4.69) is 99.8 Å². The largest absolute Gasteiger partial charge is 0.462 e. The Kier molecular flexibility index (Phi) is 46.5. The highest BCUT2D eigenvalue weighted by Gasteiger charge is 2.19. The minimum Gasteiger partial charge on any atom is -0.462 e. The van der Waals surface area contributed by atoms with Gasteiger partial charge in [-0.2, -0.15) is 0 Å². The maximum Gasteiger partial charge on any atom is 0.306 e. The van der Waals surface area contributed by atoms with Crippen LogP contribution in [-0.4, -0.2) is 37.2 Å². The molecule has 0 N–H and O–H groups in total. The van der Waals surface area contributed by atoms with Crippen LogP contribution in [0.5, 0.6) is 0 Å². The van der Waals surface area contributed by atoms with Crippen LogP contribution in [0.25, 0.3) is 0 Å². The van der Waals surface area contributed by atoms with Gasteiger partial charge in [0, 0.05) is 19.3 Å². The lowest BCUT2D eigenvalue weighted by molar-refractivity contribution is -0.166. The highest BCUT2D eigenvalue weighted by atomic mass is 16.6. The first-order valence-corrected chi connectivity index (χ1v) is 25.1. The number of esters is 3. The molecule has 0 heterocycles. The van der Waals surface area contributed by atoms with Crippen LogP contribution in [0.3, 0.4) is 0 Å². The van der Waals surface area contributed by atoms with Crippen LogP contribution < -0.4 is 0 Å². The number of hydrogen-bond donors (Lipinski definition) is 0. The van der Waals surface area contributed by atoms with Crippen molar-refractivity contribution in [2.24, 2.45) is 0 Å². The molecular weight excluding hydrogens is 757 g/mol. The van der Waals surface area contributed by atoms with E-state index in [1.54, 1.807) is 0 Å². The molecule has 0 amide bonds. The Balaban J connectivity index is 4.47. The van der Waals surface area contributed by atoms with E-state index in [0.29, 0.717) is 19.3 Å². The molecule has 0 aliphatic rings. The molecule has 61 heavy (non-hydrogen) atoms. The Morgan fingerprint density at radius 3 is 1.10 bits per heavy atom. The summed E-state index contributed by atoms with van der Waals surface area (Å²) in [5.41, 5.74) is 0. The molecule has 0 aliphatic heterocycles. The summed E-state index contributed by atoms with van der Waals surface area (Å²) in [7, 11) is 0. The first-order valence-electron chi connectivity index (χ1n) is 25.1. The third-order valence-electron chi connectivity index (χ3n) is 10.4. The van der Waals surface area contributed by atoms with Gasteiger partial charge in [-0.1, -0.05) is 209 Å². The van der Waals surface area contributed by atoms with Crippen molar-refractivity contribution in [3.63, 3.8) is 0 Å². The van der Waals surface area contributed by atoms with Crippen LogP contribution in [0.4, 0.5) is 0 Å². The first kappa shape index (κ1) is 57.6. The second kappa shape index (κ2) is 49.2. The quantitative estimate of drug-likeness (QED) is 0.0263. The van der Waals surface area contributed by atoms with Crippen LogP contribution in [0.15, 0.2) is 85.1 Å². The molecule has 0 saturated carbocycles. The number of carbonyl (C=O) groups is 3. The van der Waals surface area contributed by atoms with Crippen LogP contribution in [0.1, 0.15) is 226 Å². The topological polar surface area (TPSA) is 78.9 Å². The smallest absolute Gasteiger partial charge is 0.306 e. The van der Waals surface area contributed by atoms with Gasteiger partial charge in [-0.25, -0.2) is 0 Å². The van der Waals surface area contributed by atoms with E-state index in [0.717, 1.165) is 89.9 Å². The molecule has 0 radical (unpaired) electrons. The minimum absolute atomic E-state index is 0.102. The lowest BCUT2D eigenvalue weighted by Gasteiger charge is -2.18. The van der Waals surface area contributed by atoms with Crippen LogP contribution in [0, 0.1) is 0 Å². The highest BCUT2D eigenvalue weighted by Crippen LogP contribution is 2.13. The van der Waals surface area contributed by atoms with E-state index < -0.39 is 6.10 Å². The summed E-state index contributed by atoms with van der Waals surface area (Å²) in [5, 5.41) is 0. The maximum absolute atomic E-state index is 12.8. The molecule has 1 atom stereocenters. The summed E-state index contributed by atoms with van der Waals surface area (Å²) >= 11 is 0. The van der Waals surface area contributed by atoms with Crippen molar-refractivity contribution in [3.8, 4) is 0 Å². The first-order chi connectivity index (χ1) is 30.0. The molecular formula is C55H92O6. The van der Waals surface area contributed by atoms with Crippen LogP contribution in [-0.2, 0) is 28.6 Å². The van der Waals surface area contributed by atoms with E-state index in [1.807, 2.05) is 6.08 Å². The molecule has 6 heteroatoms. The zero-order valence-electron chi connectivity index (χ0n) is 39.7. The molecule has 0 bridgehead atoms. The van der Waals surface area contributed by atoms with Gasteiger partial charge in [-0.3, -0.25) is 14.4 Å². The monoisotopic (exact) mass is 849 g/mol. The van der Waals surface area contributed by atoms with E-state index in [4.69, 9.17) is 14.2 Å². The molecule has 0 unspecified atom stereocenters. The molecule has 0 saturated heterocycles. The fraction of sp³-hybridized carbons (Fsp3) is 0.691. The number of carbonyl (C=O) groups excluding carboxylic acids is 3. The molecule has 0 aliphatic carbocycles. The Labute approximate surface area is 375 Å². The van der Waals surface area contributed by atoms with Gasteiger partial charge in [-0.15, -0.1) is 0 Å². The van der Waals surface area contributed by atoms with Gasteiger partial charge < -0.3 is 14.2 Å². The standard InChI is InChI=1S/C55H92O6/c1-4-7-10-13-16-19-21-23-25-26-27-28-30-31-33-36-39-42-45-48-54(57)60-51-52(50-59-53(56)47-44-41-38-35-18-15-12-9-6-3)61-55(58)49-46-43-40-37-34-32-29-24-22-20-17-14-11-8-5-2/h7,10,16,19,23-25,27-29,31,33,39,42,52H,4-6,8-9,11-15,17-18,20-22,26,30,32,34-38,40-41,43-51H2,1-3H3/b10-7-,19-16-,25-23-,28-27-,29-24-,33-31-,42-39-/t52-/m1/s1. The van der Waals surface area contributed by atoms with Gasteiger partial charge in [0.05, 0.1) is 0 Å². The Bertz CT molecular complexity index is 1200. The highest BCUT2D eigenvalue weighted by molar-refractivity contribution is 5.71. The minimum atomic E-state index is -0.808. The Morgan fingerprint density at radius 2 is 0.672 bits per heavy atom. The zero-order valence-corrected chi connectivity index (χ0v) is 39.7. The maximum atomic E-state index is 12.8. The van der Waals surface area contributed by atoms with Crippen molar-refractivity contribution in [1.82, 2.24) is 0 Å². The van der Waals surface area contributed by atoms with Crippen molar-refractivity contribution in [1.29, 1.82) is 0 Å². The lowest BCUT2D eigenvalue weighted by atomic mass is 10.1. The molecule has 0 fully saturated rings. The number of rotatable bonds is 44. The number of hydrogen-bond acceptors (Lipinski definition) is 6. The Morgan fingerprint density at radius 1 is 0.344 bits per heavy atom. The second-order valence-electron chi connectivity index (χ2n) is 16.3.